The largest absolute Gasteiger partial charge is 0.508 e. The Labute approximate surface area is 250 Å². The molecule has 43 heavy (non-hydrogen) atoms. The third-order valence-corrected chi connectivity index (χ3v) is 9.08. The molecule has 2 aliphatic heterocycles. The second-order valence-corrected chi connectivity index (χ2v) is 12.3. The number of benzene rings is 1. The molecule has 0 bridgehead atoms. The topological polar surface area (TPSA) is 111 Å². The number of thiophene rings is 1. The first kappa shape index (κ1) is 29.2. The summed E-state index contributed by atoms with van der Waals surface area (Å²) in [6.45, 7) is 7.75. The zero-order valence-corrected chi connectivity index (χ0v) is 24.3. The van der Waals surface area contributed by atoms with Crippen LogP contribution in [0.1, 0.15) is 35.4 Å². The van der Waals surface area contributed by atoms with Crippen LogP contribution >= 0.6 is 11.3 Å². The van der Waals surface area contributed by atoms with E-state index in [1.165, 1.54) is 12.4 Å². The molecule has 5 heterocycles. The van der Waals surface area contributed by atoms with E-state index in [4.69, 9.17) is 4.74 Å². The predicted molar refractivity (Wildman–Crippen MR) is 159 cm³/mol. The zero-order chi connectivity index (χ0) is 30.1. The van der Waals surface area contributed by atoms with E-state index in [0.29, 0.717) is 48.0 Å². The molecule has 6 rings (SSSR count). The van der Waals surface area contributed by atoms with Gasteiger partial charge in [-0.1, -0.05) is 6.58 Å². The number of fused-ring (bicyclic) bond motifs is 2. The van der Waals surface area contributed by atoms with E-state index < -0.39 is 12.6 Å². The average Bonchev–Trinajstić information content (AvgIpc) is 3.53. The van der Waals surface area contributed by atoms with Crippen LogP contribution in [0.15, 0.2) is 42.9 Å². The number of hydrogen-bond acceptors (Lipinski definition) is 9. The fraction of sp³-hybridized carbons (Fsp3) is 0.433. The Morgan fingerprint density at radius 1 is 1.21 bits per heavy atom. The number of phenolic OH excluding ortho intramolecular Hbond substituents is 1. The highest BCUT2D eigenvalue weighted by atomic mass is 32.1. The molecule has 0 radical (unpaired) electrons. The van der Waals surface area contributed by atoms with Crippen molar-refractivity contribution in [2.24, 2.45) is 0 Å². The van der Waals surface area contributed by atoms with E-state index in [-0.39, 0.29) is 22.8 Å². The van der Waals surface area contributed by atoms with E-state index >= 15 is 0 Å². The van der Waals surface area contributed by atoms with E-state index in [1.807, 2.05) is 16.7 Å². The number of hydrogen-bond donors (Lipinski definition) is 3. The van der Waals surface area contributed by atoms with E-state index in [0.717, 1.165) is 65.9 Å². The molecule has 226 valence electrons. The summed E-state index contributed by atoms with van der Waals surface area (Å²) in [6, 6.07) is 9.50. The summed E-state index contributed by atoms with van der Waals surface area (Å²) >= 11 is 1.04. The van der Waals surface area contributed by atoms with Crippen molar-refractivity contribution < 1.29 is 23.0 Å². The third kappa shape index (κ3) is 6.71. The number of alkyl halides is 3. The smallest absolute Gasteiger partial charge is 0.393 e. The molecular weight excluding hydrogens is 579 g/mol. The SMILES string of the molecule is C=C1CO[C@@H](CCn2c(C#N)cc3cc(CN4CCC(Nc5ncnc6sc(CC(F)(F)F)cc56)CC4)c(O)cc32)CN1. The number of nitrogens with zero attached hydrogens (tertiary/aromatic N) is 5. The Kier molecular flexibility index (Phi) is 8.17. The minimum Gasteiger partial charge on any atom is -0.508 e. The van der Waals surface area contributed by atoms with Gasteiger partial charge in [-0.3, -0.25) is 4.90 Å². The maximum absolute atomic E-state index is 12.9. The molecule has 2 aliphatic rings. The van der Waals surface area contributed by atoms with Gasteiger partial charge in [0.05, 0.1) is 30.0 Å². The van der Waals surface area contributed by atoms with Crippen LogP contribution in [-0.4, -0.2) is 69.1 Å². The molecule has 0 aliphatic carbocycles. The van der Waals surface area contributed by atoms with Crippen molar-refractivity contribution in [3.63, 3.8) is 0 Å². The number of aryl methyl sites for hydroxylation is 1. The van der Waals surface area contributed by atoms with Crippen LogP contribution in [0.3, 0.4) is 0 Å². The van der Waals surface area contributed by atoms with Gasteiger partial charge in [0.1, 0.15) is 34.5 Å². The van der Waals surface area contributed by atoms with Crippen molar-refractivity contribution in [2.45, 2.75) is 57.1 Å². The first-order valence-corrected chi connectivity index (χ1v) is 15.0. The molecule has 2 fully saturated rings. The summed E-state index contributed by atoms with van der Waals surface area (Å²) in [5.41, 5.74) is 3.02. The number of piperidine rings is 1. The Balaban J connectivity index is 1.08. The third-order valence-electron chi connectivity index (χ3n) is 8.04. The summed E-state index contributed by atoms with van der Waals surface area (Å²) in [5.74, 6) is 0.754. The number of anilines is 1. The highest BCUT2D eigenvalue weighted by Crippen LogP contribution is 2.34. The van der Waals surface area contributed by atoms with E-state index in [2.05, 4.69) is 38.1 Å². The van der Waals surface area contributed by atoms with Gasteiger partial charge >= 0.3 is 6.18 Å². The number of aromatic hydroxyl groups is 1. The number of nitrogens with one attached hydrogen (secondary N) is 2. The molecule has 1 aromatic carbocycles. The maximum Gasteiger partial charge on any atom is 0.393 e. The normalized spacial score (nSPS) is 18.7. The summed E-state index contributed by atoms with van der Waals surface area (Å²) in [4.78, 5) is 11.5. The van der Waals surface area contributed by atoms with Crippen molar-refractivity contribution in [1.82, 2.24) is 24.8 Å². The van der Waals surface area contributed by atoms with Gasteiger partial charge in [0.2, 0.25) is 0 Å². The number of aromatic nitrogens is 3. The molecule has 1 atom stereocenters. The first-order valence-electron chi connectivity index (χ1n) is 14.2. The monoisotopic (exact) mass is 611 g/mol. The number of nitriles is 1. The molecular formula is C30H32F3N7O2S. The van der Waals surface area contributed by atoms with Crippen LogP contribution < -0.4 is 10.6 Å². The second kappa shape index (κ2) is 12.0. The van der Waals surface area contributed by atoms with E-state index in [1.54, 1.807) is 6.07 Å². The van der Waals surface area contributed by atoms with Gasteiger partial charge in [-0.25, -0.2) is 9.97 Å². The van der Waals surface area contributed by atoms with Gasteiger partial charge in [0.25, 0.3) is 0 Å². The molecule has 0 amide bonds. The van der Waals surface area contributed by atoms with Gasteiger partial charge in [-0.05, 0) is 37.5 Å². The fourth-order valence-electron chi connectivity index (χ4n) is 5.83. The minimum absolute atomic E-state index is 0.0252. The minimum atomic E-state index is -4.27. The Bertz CT molecular complexity index is 1670. The summed E-state index contributed by atoms with van der Waals surface area (Å²) in [7, 11) is 0. The van der Waals surface area contributed by atoms with Gasteiger partial charge < -0.3 is 25.0 Å². The van der Waals surface area contributed by atoms with Crippen LogP contribution in [0.4, 0.5) is 19.0 Å². The highest BCUT2D eigenvalue weighted by Gasteiger charge is 2.29. The van der Waals surface area contributed by atoms with Crippen LogP contribution in [0.5, 0.6) is 5.75 Å². The summed E-state index contributed by atoms with van der Waals surface area (Å²) in [5, 5.41) is 28.9. The predicted octanol–water partition coefficient (Wildman–Crippen LogP) is 5.30. The fourth-order valence-corrected chi connectivity index (χ4v) is 6.85. The Hall–Kier alpha value is -3.86. The van der Waals surface area contributed by atoms with Crippen LogP contribution in [0.25, 0.3) is 21.1 Å². The molecule has 0 unspecified atom stereocenters. The van der Waals surface area contributed by atoms with Crippen molar-refractivity contribution in [1.29, 1.82) is 5.26 Å². The molecule has 3 N–H and O–H groups in total. The number of ether oxygens (including phenoxy) is 1. The average molecular weight is 612 g/mol. The lowest BCUT2D eigenvalue weighted by atomic mass is 10.0. The number of morpholine rings is 1. The van der Waals surface area contributed by atoms with E-state index in [9.17, 15) is 23.5 Å². The molecule has 4 aromatic rings. The van der Waals surface area contributed by atoms with Crippen LogP contribution in [0, 0.1) is 11.3 Å². The summed E-state index contributed by atoms with van der Waals surface area (Å²) < 4.78 is 46.4. The number of likely N-dealkylation sites (tertiary alicyclic amines) is 1. The molecule has 0 spiro atoms. The number of phenols is 1. The quantitative estimate of drug-likeness (QED) is 0.246. The van der Waals surface area contributed by atoms with Crippen molar-refractivity contribution >= 4 is 38.3 Å². The lowest BCUT2D eigenvalue weighted by Gasteiger charge is -2.32. The van der Waals surface area contributed by atoms with Gasteiger partial charge in [-0.15, -0.1) is 11.3 Å². The Morgan fingerprint density at radius 3 is 2.74 bits per heavy atom. The van der Waals surface area contributed by atoms with Crippen LogP contribution in [-0.2, 0) is 24.2 Å². The van der Waals surface area contributed by atoms with Crippen LogP contribution in [0.2, 0.25) is 0 Å². The van der Waals surface area contributed by atoms with Crippen molar-refractivity contribution in [3.05, 3.63) is 59.0 Å². The lowest BCUT2D eigenvalue weighted by Crippen LogP contribution is -2.38. The van der Waals surface area contributed by atoms with Gasteiger partial charge in [0.15, 0.2) is 0 Å². The molecule has 0 saturated carbocycles. The van der Waals surface area contributed by atoms with Gasteiger partial charge in [0, 0.05) is 66.4 Å². The Morgan fingerprint density at radius 2 is 2.02 bits per heavy atom. The molecule has 13 heteroatoms. The lowest BCUT2D eigenvalue weighted by molar-refractivity contribution is -0.126. The van der Waals surface area contributed by atoms with Crippen molar-refractivity contribution in [2.75, 3.05) is 31.6 Å². The zero-order valence-electron chi connectivity index (χ0n) is 23.5. The second-order valence-electron chi connectivity index (χ2n) is 11.2. The highest BCUT2D eigenvalue weighted by molar-refractivity contribution is 7.18. The standard InChI is InChI=1S/C30H32F3N7O2S/c1-18-16-42-23(14-35-18)4-7-40-22(13-34)9-19-8-20(27(41)11-26(19)40)15-39-5-2-21(3-6-39)38-28-25-10-24(12-30(31,32)33)43-29(25)37-17-36-28/h8-11,17,21,23,35,41H,1-7,12,14-16H2,(H,36,37,38)/t23-/m0/s1. The summed E-state index contributed by atoms with van der Waals surface area (Å²) in [6.07, 6.45) is -1.48. The first-order chi connectivity index (χ1) is 20.6. The molecule has 9 nitrogen and oxygen atoms in total. The maximum atomic E-state index is 12.9. The van der Waals surface area contributed by atoms with Crippen molar-refractivity contribution in [3.8, 4) is 11.8 Å². The molecule has 2 saturated heterocycles. The number of halogens is 3. The number of rotatable bonds is 8. The molecule has 3 aromatic heterocycles. The van der Waals surface area contributed by atoms with Gasteiger partial charge in [-0.2, -0.15) is 18.4 Å².